The predicted octanol–water partition coefficient (Wildman–Crippen LogP) is 2.89. The van der Waals surface area contributed by atoms with Crippen molar-refractivity contribution in [3.63, 3.8) is 0 Å². The van der Waals surface area contributed by atoms with E-state index >= 15 is 0 Å². The van der Waals surface area contributed by atoms with Crippen LogP contribution >= 0.6 is 23.4 Å². The summed E-state index contributed by atoms with van der Waals surface area (Å²) in [4.78, 5) is 30.9. The van der Waals surface area contributed by atoms with E-state index < -0.39 is 11.5 Å². The van der Waals surface area contributed by atoms with Gasteiger partial charge in [-0.05, 0) is 31.2 Å². The molecule has 0 fully saturated rings. The Morgan fingerprint density at radius 2 is 2.10 bits per heavy atom. The van der Waals surface area contributed by atoms with Crippen molar-refractivity contribution in [3.8, 4) is 0 Å². The number of carbonyl (C=O) groups excluding carboxylic acids is 1. The van der Waals surface area contributed by atoms with E-state index in [1.165, 1.54) is 18.0 Å². The van der Waals surface area contributed by atoms with Crippen LogP contribution < -0.4 is 5.56 Å². The second kappa shape index (κ2) is 7.28. The molecule has 0 saturated heterocycles. The summed E-state index contributed by atoms with van der Waals surface area (Å²) < 4.78 is 4.77. The number of H-pyrrole nitrogens is 1. The lowest BCUT2D eigenvalue weighted by molar-refractivity contribution is 0.0523. The van der Waals surface area contributed by atoms with E-state index in [1.807, 2.05) is 12.1 Å². The Morgan fingerprint density at radius 3 is 2.71 bits per heavy atom. The fourth-order valence-electron chi connectivity index (χ4n) is 1.54. The van der Waals surface area contributed by atoms with Crippen molar-refractivity contribution in [2.24, 2.45) is 0 Å². The van der Waals surface area contributed by atoms with Crippen LogP contribution in [-0.4, -0.2) is 22.5 Å². The normalized spacial score (nSPS) is 10.4. The zero-order valence-electron chi connectivity index (χ0n) is 11.3. The van der Waals surface area contributed by atoms with E-state index in [4.69, 9.17) is 16.3 Å². The van der Waals surface area contributed by atoms with E-state index in [-0.39, 0.29) is 12.2 Å². The number of nitrogens with zero attached hydrogens (tertiary/aromatic N) is 1. The van der Waals surface area contributed by atoms with Gasteiger partial charge in [0, 0.05) is 16.1 Å². The van der Waals surface area contributed by atoms with Crippen molar-refractivity contribution in [3.05, 3.63) is 57.2 Å². The topological polar surface area (TPSA) is 72.0 Å². The van der Waals surface area contributed by atoms with Gasteiger partial charge in [0.05, 0.1) is 12.4 Å². The number of hydrogen-bond donors (Lipinski definition) is 1. The molecule has 5 nitrogen and oxygen atoms in total. The van der Waals surface area contributed by atoms with Crippen molar-refractivity contribution >= 4 is 29.3 Å². The average molecular weight is 325 g/mol. The Morgan fingerprint density at radius 1 is 1.38 bits per heavy atom. The molecule has 2 rings (SSSR count). The van der Waals surface area contributed by atoms with Crippen molar-refractivity contribution in [2.45, 2.75) is 17.6 Å². The van der Waals surface area contributed by atoms with Crippen LogP contribution in [0, 0.1) is 0 Å². The average Bonchev–Trinajstić information content (AvgIpc) is 2.47. The van der Waals surface area contributed by atoms with Crippen molar-refractivity contribution in [2.75, 3.05) is 6.61 Å². The fourth-order valence-corrected chi connectivity index (χ4v) is 2.45. The molecule has 1 aromatic carbocycles. The largest absolute Gasteiger partial charge is 0.462 e. The molecular formula is C14H13ClN2O3S. The molecule has 0 unspecified atom stereocenters. The van der Waals surface area contributed by atoms with Crippen LogP contribution in [0.3, 0.4) is 0 Å². The number of hydrogen-bond acceptors (Lipinski definition) is 5. The number of rotatable bonds is 5. The summed E-state index contributed by atoms with van der Waals surface area (Å²) in [6, 6.07) is 7.37. The highest BCUT2D eigenvalue weighted by molar-refractivity contribution is 7.98. The molecule has 0 amide bonds. The first-order valence-electron chi connectivity index (χ1n) is 6.24. The Balaban J connectivity index is 2.05. The molecule has 7 heteroatoms. The van der Waals surface area contributed by atoms with Crippen molar-refractivity contribution in [1.82, 2.24) is 9.97 Å². The molecular weight excluding hydrogens is 312 g/mol. The molecule has 0 atom stereocenters. The third-order valence-corrected chi connectivity index (χ3v) is 3.81. The lowest BCUT2D eigenvalue weighted by Gasteiger charge is -2.03. The first kappa shape index (κ1) is 15.6. The van der Waals surface area contributed by atoms with E-state index in [2.05, 4.69) is 9.97 Å². The molecule has 0 aliphatic carbocycles. The van der Waals surface area contributed by atoms with Crippen LogP contribution in [0.5, 0.6) is 0 Å². The molecule has 1 aromatic heterocycles. The molecule has 0 bridgehead atoms. The molecule has 1 heterocycles. The van der Waals surface area contributed by atoms with Gasteiger partial charge in [0.2, 0.25) is 0 Å². The van der Waals surface area contributed by atoms with E-state index in [0.717, 1.165) is 4.90 Å². The molecule has 21 heavy (non-hydrogen) atoms. The summed E-state index contributed by atoms with van der Waals surface area (Å²) in [5.74, 6) is 0.316. The number of nitrogens with one attached hydrogen (secondary N) is 1. The van der Waals surface area contributed by atoms with Gasteiger partial charge in [-0.15, -0.1) is 11.8 Å². The van der Waals surface area contributed by atoms with Crippen LogP contribution in [-0.2, 0) is 10.5 Å². The number of halogens is 1. The van der Waals surface area contributed by atoms with Crippen LogP contribution in [0.1, 0.15) is 23.1 Å². The van der Waals surface area contributed by atoms with Gasteiger partial charge in [-0.25, -0.2) is 9.78 Å². The van der Waals surface area contributed by atoms with Gasteiger partial charge in [-0.2, -0.15) is 0 Å². The third kappa shape index (κ3) is 4.34. The maximum absolute atomic E-state index is 11.8. The minimum atomic E-state index is -0.664. The molecule has 1 N–H and O–H groups in total. The molecule has 0 aliphatic heterocycles. The molecule has 110 valence electrons. The van der Waals surface area contributed by atoms with Gasteiger partial charge in [0.1, 0.15) is 11.4 Å². The standard InChI is InChI=1S/C14H13ClN2O3S/c1-2-20-14(19)11-7-16-12(17-13(11)18)8-21-10-5-3-9(15)4-6-10/h3-7H,2,8H2,1H3,(H,16,17,18). The highest BCUT2D eigenvalue weighted by atomic mass is 35.5. The Labute approximate surface area is 130 Å². The first-order chi connectivity index (χ1) is 10.1. The van der Waals surface area contributed by atoms with Gasteiger partial charge in [-0.3, -0.25) is 4.79 Å². The Kier molecular flexibility index (Phi) is 5.41. The van der Waals surface area contributed by atoms with E-state index in [9.17, 15) is 9.59 Å². The minimum Gasteiger partial charge on any atom is -0.462 e. The fraction of sp³-hybridized carbons (Fsp3) is 0.214. The summed E-state index contributed by atoms with van der Waals surface area (Å²) in [5, 5.41) is 0.671. The number of esters is 1. The predicted molar refractivity (Wildman–Crippen MR) is 81.8 cm³/mol. The Bertz CT molecular complexity index is 685. The number of thioether (sulfide) groups is 1. The van der Waals surface area contributed by atoms with Crippen molar-refractivity contribution < 1.29 is 9.53 Å². The number of aromatic nitrogens is 2. The second-order valence-corrected chi connectivity index (χ2v) is 5.52. The maximum atomic E-state index is 11.8. The molecule has 0 radical (unpaired) electrons. The lowest BCUT2D eigenvalue weighted by Crippen LogP contribution is -2.21. The van der Waals surface area contributed by atoms with Gasteiger partial charge in [0.25, 0.3) is 5.56 Å². The van der Waals surface area contributed by atoms with Crippen LogP contribution in [0.4, 0.5) is 0 Å². The van der Waals surface area contributed by atoms with Crippen molar-refractivity contribution in [1.29, 1.82) is 0 Å². The lowest BCUT2D eigenvalue weighted by atomic mass is 10.3. The highest BCUT2D eigenvalue weighted by Crippen LogP contribution is 2.22. The number of carbonyl (C=O) groups is 1. The van der Waals surface area contributed by atoms with Gasteiger partial charge in [0.15, 0.2) is 0 Å². The van der Waals surface area contributed by atoms with Gasteiger partial charge >= 0.3 is 5.97 Å². The summed E-state index contributed by atoms with van der Waals surface area (Å²) in [5.41, 5.74) is -0.577. The number of benzene rings is 1. The first-order valence-corrected chi connectivity index (χ1v) is 7.60. The zero-order chi connectivity index (χ0) is 15.2. The zero-order valence-corrected chi connectivity index (χ0v) is 12.8. The summed E-state index contributed by atoms with van der Waals surface area (Å²) in [7, 11) is 0. The molecule has 0 saturated carbocycles. The quantitative estimate of drug-likeness (QED) is 0.676. The monoisotopic (exact) mass is 324 g/mol. The minimum absolute atomic E-state index is 0.0860. The Hall–Kier alpha value is -1.79. The number of aromatic amines is 1. The molecule has 0 spiro atoms. The van der Waals surface area contributed by atoms with Crippen LogP contribution in [0.15, 0.2) is 40.2 Å². The van der Waals surface area contributed by atoms with E-state index in [1.54, 1.807) is 19.1 Å². The molecule has 2 aromatic rings. The van der Waals surface area contributed by atoms with Gasteiger partial charge in [-0.1, -0.05) is 11.6 Å². The summed E-state index contributed by atoms with van der Waals surface area (Å²) in [6.07, 6.45) is 1.24. The number of ether oxygens (including phenoxy) is 1. The van der Waals surface area contributed by atoms with Crippen LogP contribution in [0.2, 0.25) is 5.02 Å². The summed E-state index contributed by atoms with van der Waals surface area (Å²) in [6.45, 7) is 1.89. The van der Waals surface area contributed by atoms with Crippen LogP contribution in [0.25, 0.3) is 0 Å². The SMILES string of the molecule is CCOC(=O)c1cnc(CSc2ccc(Cl)cc2)[nH]c1=O. The highest BCUT2D eigenvalue weighted by Gasteiger charge is 2.12. The second-order valence-electron chi connectivity index (χ2n) is 4.04. The third-order valence-electron chi connectivity index (χ3n) is 2.54. The molecule has 0 aliphatic rings. The smallest absolute Gasteiger partial charge is 0.345 e. The summed E-state index contributed by atoms with van der Waals surface area (Å²) >= 11 is 7.32. The van der Waals surface area contributed by atoms with Gasteiger partial charge < -0.3 is 9.72 Å². The van der Waals surface area contributed by atoms with E-state index in [0.29, 0.717) is 16.6 Å². The maximum Gasteiger partial charge on any atom is 0.345 e.